The zero-order chi connectivity index (χ0) is 21.1. The molecule has 6 nitrogen and oxygen atoms in total. The van der Waals surface area contributed by atoms with Crippen LogP contribution in [0.25, 0.3) is 11.0 Å². The summed E-state index contributed by atoms with van der Waals surface area (Å²) in [5.41, 5.74) is 2.61. The van der Waals surface area contributed by atoms with Crippen molar-refractivity contribution in [2.45, 2.75) is 38.8 Å². The van der Waals surface area contributed by atoms with Gasteiger partial charge in [-0.2, -0.15) is 0 Å². The Balaban J connectivity index is 1.53. The predicted octanol–water partition coefficient (Wildman–Crippen LogP) is 3.73. The van der Waals surface area contributed by atoms with Gasteiger partial charge in [-0.1, -0.05) is 35.9 Å². The van der Waals surface area contributed by atoms with E-state index in [1.54, 1.807) is 12.1 Å². The van der Waals surface area contributed by atoms with E-state index in [4.69, 9.17) is 16.6 Å². The number of likely N-dealkylation sites (tertiary alicyclic amines) is 1. The molecule has 1 N–H and O–H groups in total. The first kappa shape index (κ1) is 20.4. The Morgan fingerprint density at radius 1 is 1.10 bits per heavy atom. The molecule has 2 amide bonds. The lowest BCUT2D eigenvalue weighted by Gasteiger charge is -2.19. The van der Waals surface area contributed by atoms with Gasteiger partial charge in [-0.15, -0.1) is 0 Å². The minimum Gasteiger partial charge on any atom is -0.346 e. The predicted molar refractivity (Wildman–Crippen MR) is 117 cm³/mol. The summed E-state index contributed by atoms with van der Waals surface area (Å²) >= 11 is 5.91. The van der Waals surface area contributed by atoms with E-state index < -0.39 is 0 Å². The molecule has 0 saturated carbocycles. The molecular weight excluding hydrogens is 400 g/mol. The lowest BCUT2D eigenvalue weighted by Crippen LogP contribution is -2.34. The molecular formula is C23H25ClN4O2. The van der Waals surface area contributed by atoms with E-state index in [0.29, 0.717) is 10.8 Å². The van der Waals surface area contributed by atoms with Gasteiger partial charge in [-0.25, -0.2) is 4.98 Å². The van der Waals surface area contributed by atoms with Crippen LogP contribution in [0.5, 0.6) is 0 Å². The summed E-state index contributed by atoms with van der Waals surface area (Å²) < 4.78 is 1.93. The first-order valence-corrected chi connectivity index (χ1v) is 10.7. The molecule has 1 saturated heterocycles. The van der Waals surface area contributed by atoms with E-state index in [-0.39, 0.29) is 30.8 Å². The Morgan fingerprint density at radius 2 is 1.80 bits per heavy atom. The highest BCUT2D eigenvalue weighted by Crippen LogP contribution is 2.22. The van der Waals surface area contributed by atoms with Gasteiger partial charge in [-0.05, 0) is 49.6 Å². The SMILES string of the molecule is CC(NC(=O)Cc1ccc(Cl)cc1)c1nc2ccccc2n1CC(=O)N1CCCC1. The second-order valence-electron chi connectivity index (χ2n) is 7.73. The molecule has 2 aromatic carbocycles. The maximum absolute atomic E-state index is 12.8. The number of aromatic nitrogens is 2. The number of halogens is 1. The summed E-state index contributed by atoms with van der Waals surface area (Å²) in [5, 5.41) is 3.67. The zero-order valence-electron chi connectivity index (χ0n) is 17.0. The van der Waals surface area contributed by atoms with Crippen molar-refractivity contribution in [1.82, 2.24) is 19.8 Å². The molecule has 0 radical (unpaired) electrons. The van der Waals surface area contributed by atoms with E-state index >= 15 is 0 Å². The Labute approximate surface area is 180 Å². The fraction of sp³-hybridized carbons (Fsp3) is 0.348. The Hall–Kier alpha value is -2.86. The van der Waals surface area contributed by atoms with Gasteiger partial charge in [-0.3, -0.25) is 9.59 Å². The van der Waals surface area contributed by atoms with Gasteiger partial charge in [0.15, 0.2) is 0 Å². The van der Waals surface area contributed by atoms with Crippen molar-refractivity contribution < 1.29 is 9.59 Å². The minimum atomic E-state index is -0.330. The highest BCUT2D eigenvalue weighted by molar-refractivity contribution is 6.30. The van der Waals surface area contributed by atoms with Crippen molar-refractivity contribution in [3.8, 4) is 0 Å². The van der Waals surface area contributed by atoms with Gasteiger partial charge in [0.05, 0.1) is 23.5 Å². The second-order valence-corrected chi connectivity index (χ2v) is 8.16. The van der Waals surface area contributed by atoms with Gasteiger partial charge < -0.3 is 14.8 Å². The normalized spacial score (nSPS) is 14.8. The monoisotopic (exact) mass is 424 g/mol. The number of hydrogen-bond acceptors (Lipinski definition) is 3. The van der Waals surface area contributed by atoms with Crippen LogP contribution in [0.1, 0.15) is 37.2 Å². The van der Waals surface area contributed by atoms with E-state index in [1.165, 1.54) is 0 Å². The maximum Gasteiger partial charge on any atom is 0.242 e. The number of rotatable bonds is 6. The largest absolute Gasteiger partial charge is 0.346 e. The van der Waals surface area contributed by atoms with Crippen LogP contribution in [0, 0.1) is 0 Å². The first-order chi connectivity index (χ1) is 14.5. The quantitative estimate of drug-likeness (QED) is 0.655. The lowest BCUT2D eigenvalue weighted by molar-refractivity contribution is -0.130. The van der Waals surface area contributed by atoms with Gasteiger partial charge in [0.25, 0.3) is 0 Å². The third-order valence-corrected chi connectivity index (χ3v) is 5.73. The summed E-state index contributed by atoms with van der Waals surface area (Å²) in [6.45, 7) is 3.76. The number of para-hydroxylation sites is 2. The molecule has 1 atom stereocenters. The van der Waals surface area contributed by atoms with Crippen LogP contribution < -0.4 is 5.32 Å². The van der Waals surface area contributed by atoms with Crippen molar-refractivity contribution in [2.24, 2.45) is 0 Å². The maximum atomic E-state index is 12.8. The standard InChI is InChI=1S/C23H25ClN4O2/c1-16(25-21(29)14-17-8-10-18(24)11-9-17)23-26-19-6-2-3-7-20(19)28(23)15-22(30)27-12-4-5-13-27/h2-3,6-11,16H,4-5,12-15H2,1H3,(H,25,29). The number of carbonyl (C=O) groups excluding carboxylic acids is 2. The zero-order valence-corrected chi connectivity index (χ0v) is 17.7. The van der Waals surface area contributed by atoms with Gasteiger partial charge in [0, 0.05) is 18.1 Å². The van der Waals surface area contributed by atoms with Crippen LogP contribution in [0.4, 0.5) is 0 Å². The molecule has 7 heteroatoms. The highest BCUT2D eigenvalue weighted by atomic mass is 35.5. The average Bonchev–Trinajstić information content (AvgIpc) is 3.38. The third-order valence-electron chi connectivity index (χ3n) is 5.48. The highest BCUT2D eigenvalue weighted by Gasteiger charge is 2.23. The van der Waals surface area contributed by atoms with E-state index in [1.807, 2.05) is 52.8 Å². The van der Waals surface area contributed by atoms with Crippen LogP contribution >= 0.6 is 11.6 Å². The van der Waals surface area contributed by atoms with Crippen molar-refractivity contribution in [3.05, 3.63) is 64.9 Å². The molecule has 0 spiro atoms. The molecule has 30 heavy (non-hydrogen) atoms. The topological polar surface area (TPSA) is 67.2 Å². The molecule has 4 rings (SSSR count). The van der Waals surface area contributed by atoms with Crippen LogP contribution in [0.2, 0.25) is 5.02 Å². The van der Waals surface area contributed by atoms with Gasteiger partial charge in [0.2, 0.25) is 11.8 Å². The average molecular weight is 425 g/mol. The number of nitrogens with one attached hydrogen (secondary N) is 1. The van der Waals surface area contributed by atoms with E-state index in [9.17, 15) is 9.59 Å². The second kappa shape index (κ2) is 8.88. The lowest BCUT2D eigenvalue weighted by atomic mass is 10.1. The summed E-state index contributed by atoms with van der Waals surface area (Å²) in [6, 6.07) is 14.7. The van der Waals surface area contributed by atoms with Crippen LogP contribution in [0.3, 0.4) is 0 Å². The summed E-state index contributed by atoms with van der Waals surface area (Å²) in [6.07, 6.45) is 2.37. The molecule has 0 aliphatic carbocycles. The Kier molecular flexibility index (Phi) is 6.04. The van der Waals surface area contributed by atoms with Crippen molar-refractivity contribution in [1.29, 1.82) is 0 Å². The number of benzene rings is 2. The Bertz CT molecular complexity index is 1050. The van der Waals surface area contributed by atoms with Crippen molar-refractivity contribution >= 4 is 34.4 Å². The summed E-state index contributed by atoms with van der Waals surface area (Å²) in [5.74, 6) is 0.680. The smallest absolute Gasteiger partial charge is 0.242 e. The number of fused-ring (bicyclic) bond motifs is 1. The molecule has 1 aliphatic rings. The van der Waals surface area contributed by atoms with E-state index in [2.05, 4.69) is 5.32 Å². The van der Waals surface area contributed by atoms with Crippen LogP contribution in [-0.2, 0) is 22.6 Å². The molecule has 2 heterocycles. The fourth-order valence-corrected chi connectivity index (χ4v) is 4.06. The van der Waals surface area contributed by atoms with Crippen molar-refractivity contribution in [2.75, 3.05) is 13.1 Å². The van der Waals surface area contributed by atoms with Crippen LogP contribution in [0.15, 0.2) is 48.5 Å². The fourth-order valence-electron chi connectivity index (χ4n) is 3.94. The molecule has 1 unspecified atom stereocenters. The van der Waals surface area contributed by atoms with Crippen molar-refractivity contribution in [3.63, 3.8) is 0 Å². The molecule has 1 fully saturated rings. The van der Waals surface area contributed by atoms with Crippen LogP contribution in [-0.4, -0.2) is 39.4 Å². The number of nitrogens with zero attached hydrogens (tertiary/aromatic N) is 3. The van der Waals surface area contributed by atoms with E-state index in [0.717, 1.165) is 42.5 Å². The summed E-state index contributed by atoms with van der Waals surface area (Å²) in [7, 11) is 0. The molecule has 3 aromatic rings. The van der Waals surface area contributed by atoms with Gasteiger partial charge in [0.1, 0.15) is 12.4 Å². The number of imidazole rings is 1. The number of carbonyl (C=O) groups is 2. The molecule has 1 aliphatic heterocycles. The number of amides is 2. The first-order valence-electron chi connectivity index (χ1n) is 10.3. The molecule has 1 aromatic heterocycles. The molecule has 0 bridgehead atoms. The van der Waals surface area contributed by atoms with Gasteiger partial charge >= 0.3 is 0 Å². The summed E-state index contributed by atoms with van der Waals surface area (Å²) in [4.78, 5) is 32.0. The number of hydrogen-bond donors (Lipinski definition) is 1. The Morgan fingerprint density at radius 3 is 2.53 bits per heavy atom. The third kappa shape index (κ3) is 4.49. The minimum absolute atomic E-state index is 0.0941. The molecule has 156 valence electrons.